The molecule has 0 aliphatic carbocycles. The molecule has 1 aliphatic heterocycles. The smallest absolute Gasteiger partial charge is 0.247 e. The molecule has 0 amide bonds. The fourth-order valence-electron chi connectivity index (χ4n) is 2.88. The van der Waals surface area contributed by atoms with Crippen molar-refractivity contribution in [3.05, 3.63) is 18.2 Å². The van der Waals surface area contributed by atoms with Crippen molar-refractivity contribution in [2.24, 2.45) is 5.73 Å². The van der Waals surface area contributed by atoms with Crippen LogP contribution in [0.5, 0.6) is 11.5 Å². The lowest BCUT2D eigenvalue weighted by atomic mass is 10.0. The van der Waals surface area contributed by atoms with Crippen molar-refractivity contribution in [3.63, 3.8) is 0 Å². The highest BCUT2D eigenvalue weighted by atomic mass is 32.2. The van der Waals surface area contributed by atoms with Gasteiger partial charge in [0.2, 0.25) is 10.0 Å². The first-order valence-electron chi connectivity index (χ1n) is 7.48. The number of methoxy groups -OCH3 is 2. The number of hydrogen-bond acceptors (Lipinski definition) is 5. The van der Waals surface area contributed by atoms with Gasteiger partial charge in [0.25, 0.3) is 0 Å². The normalized spacial score (nSPS) is 19.9. The fourth-order valence-corrected chi connectivity index (χ4v) is 4.78. The van der Waals surface area contributed by atoms with Gasteiger partial charge in [0.05, 0.1) is 14.2 Å². The second kappa shape index (κ2) is 7.30. The van der Waals surface area contributed by atoms with E-state index in [2.05, 4.69) is 0 Å². The molecule has 1 unspecified atom stereocenters. The summed E-state index contributed by atoms with van der Waals surface area (Å²) >= 11 is 0. The summed E-state index contributed by atoms with van der Waals surface area (Å²) in [6.07, 6.45) is 3.42. The Labute approximate surface area is 132 Å². The Kier molecular flexibility index (Phi) is 5.66. The van der Waals surface area contributed by atoms with Gasteiger partial charge in [-0.2, -0.15) is 4.31 Å². The molecular formula is C15H24N2O4S. The molecule has 0 radical (unpaired) electrons. The topological polar surface area (TPSA) is 81.9 Å². The highest BCUT2D eigenvalue weighted by Crippen LogP contribution is 2.34. The molecule has 2 N–H and O–H groups in total. The van der Waals surface area contributed by atoms with Gasteiger partial charge in [-0.3, -0.25) is 0 Å². The molecule has 1 heterocycles. The van der Waals surface area contributed by atoms with E-state index in [-0.39, 0.29) is 10.9 Å². The van der Waals surface area contributed by atoms with Gasteiger partial charge in [-0.25, -0.2) is 8.42 Å². The third kappa shape index (κ3) is 3.37. The van der Waals surface area contributed by atoms with Crippen molar-refractivity contribution in [3.8, 4) is 11.5 Å². The van der Waals surface area contributed by atoms with Crippen molar-refractivity contribution in [2.45, 2.75) is 36.6 Å². The van der Waals surface area contributed by atoms with Crippen LogP contribution in [0.2, 0.25) is 0 Å². The van der Waals surface area contributed by atoms with Crippen LogP contribution in [0.3, 0.4) is 0 Å². The number of nitrogens with zero attached hydrogens (tertiary/aromatic N) is 1. The van der Waals surface area contributed by atoms with E-state index in [1.807, 2.05) is 0 Å². The maximum absolute atomic E-state index is 13.1. The van der Waals surface area contributed by atoms with Crippen LogP contribution in [0.1, 0.15) is 25.7 Å². The van der Waals surface area contributed by atoms with Crippen LogP contribution in [0.15, 0.2) is 23.1 Å². The van der Waals surface area contributed by atoms with E-state index in [0.29, 0.717) is 31.0 Å². The van der Waals surface area contributed by atoms with Crippen LogP contribution >= 0.6 is 0 Å². The molecule has 1 saturated heterocycles. The molecule has 1 aromatic rings. The average molecular weight is 328 g/mol. The van der Waals surface area contributed by atoms with Gasteiger partial charge in [0.1, 0.15) is 16.4 Å². The summed E-state index contributed by atoms with van der Waals surface area (Å²) < 4.78 is 38.1. The predicted octanol–water partition coefficient (Wildman–Crippen LogP) is 1.60. The number of ether oxygens (including phenoxy) is 2. The molecule has 0 saturated carbocycles. The summed E-state index contributed by atoms with van der Waals surface area (Å²) in [4.78, 5) is 0.151. The second-order valence-electron chi connectivity index (χ2n) is 5.36. The second-order valence-corrected chi connectivity index (χ2v) is 7.22. The Morgan fingerprint density at radius 1 is 1.27 bits per heavy atom. The lowest BCUT2D eigenvalue weighted by Crippen LogP contribution is -2.44. The zero-order valence-electron chi connectivity index (χ0n) is 13.1. The van der Waals surface area contributed by atoms with Crippen molar-refractivity contribution in [2.75, 3.05) is 27.3 Å². The zero-order valence-corrected chi connectivity index (χ0v) is 13.9. The van der Waals surface area contributed by atoms with E-state index in [0.717, 1.165) is 19.3 Å². The molecule has 6 nitrogen and oxygen atoms in total. The Morgan fingerprint density at radius 2 is 2.05 bits per heavy atom. The molecule has 2 rings (SSSR count). The van der Waals surface area contributed by atoms with E-state index in [1.165, 1.54) is 20.3 Å². The lowest BCUT2D eigenvalue weighted by molar-refractivity contribution is 0.242. The molecule has 0 spiro atoms. The Morgan fingerprint density at radius 3 is 2.68 bits per heavy atom. The first-order chi connectivity index (χ1) is 10.5. The Balaban J connectivity index is 2.44. The molecule has 22 heavy (non-hydrogen) atoms. The number of sulfonamides is 1. The Bertz CT molecular complexity index is 602. The minimum atomic E-state index is -3.64. The summed E-state index contributed by atoms with van der Waals surface area (Å²) in [5.41, 5.74) is 5.64. The number of rotatable bonds is 6. The van der Waals surface area contributed by atoms with Crippen LogP contribution in [0, 0.1) is 0 Å². The van der Waals surface area contributed by atoms with Crippen molar-refractivity contribution < 1.29 is 17.9 Å². The summed E-state index contributed by atoms with van der Waals surface area (Å²) in [6.45, 7) is 0.999. The molecule has 7 heteroatoms. The summed E-state index contributed by atoms with van der Waals surface area (Å²) in [5, 5.41) is 0. The summed E-state index contributed by atoms with van der Waals surface area (Å²) in [5.74, 6) is 0.824. The SMILES string of the molecule is COc1ccc(OC)c(S(=O)(=O)N2CCCCC2CCN)c1. The van der Waals surface area contributed by atoms with E-state index >= 15 is 0 Å². The quantitative estimate of drug-likeness (QED) is 0.857. The number of hydrogen-bond donors (Lipinski definition) is 1. The van der Waals surface area contributed by atoms with Crippen molar-refractivity contribution >= 4 is 10.0 Å². The van der Waals surface area contributed by atoms with Crippen LogP contribution in [0.4, 0.5) is 0 Å². The van der Waals surface area contributed by atoms with E-state index in [4.69, 9.17) is 15.2 Å². The molecule has 0 aromatic heterocycles. The maximum Gasteiger partial charge on any atom is 0.247 e. The maximum atomic E-state index is 13.1. The standard InChI is InChI=1S/C15H24N2O4S/c1-20-13-6-7-14(21-2)15(11-13)22(18,19)17-10-4-3-5-12(17)8-9-16/h6-7,11-12H,3-5,8-10,16H2,1-2H3. The highest BCUT2D eigenvalue weighted by molar-refractivity contribution is 7.89. The zero-order chi connectivity index (χ0) is 16.2. The van der Waals surface area contributed by atoms with Gasteiger partial charge < -0.3 is 15.2 Å². The van der Waals surface area contributed by atoms with Crippen LogP contribution in [-0.2, 0) is 10.0 Å². The molecule has 1 aromatic carbocycles. The minimum absolute atomic E-state index is 0.0420. The van der Waals surface area contributed by atoms with Gasteiger partial charge in [0, 0.05) is 18.7 Å². The third-order valence-corrected chi connectivity index (χ3v) is 6.00. The van der Waals surface area contributed by atoms with Gasteiger partial charge in [-0.05, 0) is 37.9 Å². The molecule has 1 fully saturated rings. The number of piperidine rings is 1. The number of nitrogens with two attached hydrogens (primary N) is 1. The van der Waals surface area contributed by atoms with E-state index in [9.17, 15) is 8.42 Å². The van der Waals surface area contributed by atoms with Crippen molar-refractivity contribution in [1.29, 1.82) is 0 Å². The van der Waals surface area contributed by atoms with E-state index in [1.54, 1.807) is 16.4 Å². The largest absolute Gasteiger partial charge is 0.497 e. The minimum Gasteiger partial charge on any atom is -0.497 e. The fraction of sp³-hybridized carbons (Fsp3) is 0.600. The first-order valence-corrected chi connectivity index (χ1v) is 8.92. The van der Waals surface area contributed by atoms with Gasteiger partial charge in [-0.15, -0.1) is 0 Å². The lowest BCUT2D eigenvalue weighted by Gasteiger charge is -2.34. The Hall–Kier alpha value is -1.31. The van der Waals surface area contributed by atoms with Crippen LogP contribution < -0.4 is 15.2 Å². The molecule has 1 aliphatic rings. The van der Waals surface area contributed by atoms with Crippen molar-refractivity contribution in [1.82, 2.24) is 4.31 Å². The molecule has 0 bridgehead atoms. The van der Waals surface area contributed by atoms with Gasteiger partial charge in [-0.1, -0.05) is 6.42 Å². The first kappa shape index (κ1) is 17.1. The molecule has 124 valence electrons. The van der Waals surface area contributed by atoms with E-state index < -0.39 is 10.0 Å². The molecular weight excluding hydrogens is 304 g/mol. The number of benzene rings is 1. The summed E-state index contributed by atoms with van der Waals surface area (Å²) in [6, 6.07) is 4.78. The summed E-state index contributed by atoms with van der Waals surface area (Å²) in [7, 11) is -0.659. The monoisotopic (exact) mass is 328 g/mol. The van der Waals surface area contributed by atoms with Gasteiger partial charge in [0.15, 0.2) is 0 Å². The van der Waals surface area contributed by atoms with Crippen LogP contribution in [0.25, 0.3) is 0 Å². The average Bonchev–Trinajstić information content (AvgIpc) is 2.55. The predicted molar refractivity (Wildman–Crippen MR) is 84.7 cm³/mol. The molecule has 1 atom stereocenters. The van der Waals surface area contributed by atoms with Crippen LogP contribution in [-0.4, -0.2) is 46.1 Å². The highest BCUT2D eigenvalue weighted by Gasteiger charge is 2.35. The third-order valence-electron chi connectivity index (χ3n) is 4.03. The van der Waals surface area contributed by atoms with Gasteiger partial charge >= 0.3 is 0 Å².